The van der Waals surface area contributed by atoms with Crippen LogP contribution in [0.4, 0.5) is 0 Å². The van der Waals surface area contributed by atoms with E-state index in [9.17, 15) is 5.11 Å². The van der Waals surface area contributed by atoms with Crippen LogP contribution in [0.5, 0.6) is 11.5 Å². The highest BCUT2D eigenvalue weighted by atomic mass is 79.9. The molecule has 0 heterocycles. The average Bonchev–Trinajstić information content (AvgIpc) is 2.42. The normalized spacial score (nSPS) is 10.5. The van der Waals surface area contributed by atoms with E-state index >= 15 is 0 Å². The first-order valence-corrected chi connectivity index (χ1v) is 6.79. The molecule has 2 rings (SSSR count). The summed E-state index contributed by atoms with van der Waals surface area (Å²) >= 11 is 3.38. The SMILES string of the molecule is OCCc1ccc(Oc2cc(Br)ccc2CO)cc1. The van der Waals surface area contributed by atoms with Gasteiger partial charge in [0.25, 0.3) is 0 Å². The summed E-state index contributed by atoms with van der Waals surface area (Å²) in [5.41, 5.74) is 1.80. The van der Waals surface area contributed by atoms with Crippen molar-refractivity contribution >= 4 is 15.9 Å². The molecule has 100 valence electrons. The summed E-state index contributed by atoms with van der Waals surface area (Å²) in [6, 6.07) is 13.1. The van der Waals surface area contributed by atoms with Gasteiger partial charge < -0.3 is 14.9 Å². The van der Waals surface area contributed by atoms with Crippen LogP contribution in [-0.4, -0.2) is 16.8 Å². The van der Waals surface area contributed by atoms with Crippen molar-refractivity contribution in [3.8, 4) is 11.5 Å². The first kappa shape index (κ1) is 14.1. The molecule has 19 heavy (non-hydrogen) atoms. The minimum absolute atomic E-state index is 0.0643. The fraction of sp³-hybridized carbons (Fsp3) is 0.200. The molecule has 2 aromatic rings. The van der Waals surface area contributed by atoms with E-state index in [1.165, 1.54) is 0 Å². The molecule has 0 unspecified atom stereocenters. The Kier molecular flexibility index (Phi) is 4.96. The maximum Gasteiger partial charge on any atom is 0.134 e. The van der Waals surface area contributed by atoms with Crippen LogP contribution in [0, 0.1) is 0 Å². The maximum absolute atomic E-state index is 9.28. The van der Waals surface area contributed by atoms with Crippen LogP contribution in [-0.2, 0) is 13.0 Å². The molecule has 4 heteroatoms. The van der Waals surface area contributed by atoms with Gasteiger partial charge in [-0.1, -0.05) is 34.1 Å². The van der Waals surface area contributed by atoms with E-state index in [2.05, 4.69) is 15.9 Å². The standard InChI is InChI=1S/C15H15BrO3/c16-13-4-3-12(10-18)15(9-13)19-14-5-1-11(2-6-14)7-8-17/h1-6,9,17-18H,7-8,10H2. The zero-order valence-electron chi connectivity index (χ0n) is 10.3. The van der Waals surface area contributed by atoms with E-state index in [1.54, 1.807) is 0 Å². The molecule has 0 saturated carbocycles. The number of hydrogen-bond donors (Lipinski definition) is 2. The Balaban J connectivity index is 2.18. The topological polar surface area (TPSA) is 49.7 Å². The molecule has 0 radical (unpaired) electrons. The lowest BCUT2D eigenvalue weighted by molar-refractivity contribution is 0.276. The molecule has 0 bridgehead atoms. The number of aliphatic hydroxyl groups is 2. The highest BCUT2D eigenvalue weighted by Crippen LogP contribution is 2.28. The number of aliphatic hydroxyl groups excluding tert-OH is 2. The smallest absolute Gasteiger partial charge is 0.134 e. The molecular weight excluding hydrogens is 308 g/mol. The molecule has 0 fully saturated rings. The number of rotatable bonds is 5. The Morgan fingerprint density at radius 2 is 1.74 bits per heavy atom. The molecule has 3 nitrogen and oxygen atoms in total. The largest absolute Gasteiger partial charge is 0.457 e. The lowest BCUT2D eigenvalue weighted by atomic mass is 10.1. The van der Waals surface area contributed by atoms with E-state index in [4.69, 9.17) is 9.84 Å². The molecule has 2 N–H and O–H groups in total. The number of benzene rings is 2. The Morgan fingerprint density at radius 3 is 2.37 bits per heavy atom. The van der Waals surface area contributed by atoms with Gasteiger partial charge in [0.1, 0.15) is 11.5 Å². The van der Waals surface area contributed by atoms with E-state index in [-0.39, 0.29) is 13.2 Å². The molecule has 0 saturated heterocycles. The van der Waals surface area contributed by atoms with Crippen molar-refractivity contribution in [2.24, 2.45) is 0 Å². The fourth-order valence-electron chi connectivity index (χ4n) is 1.73. The summed E-state index contributed by atoms with van der Waals surface area (Å²) in [4.78, 5) is 0. The van der Waals surface area contributed by atoms with Crippen LogP contribution in [0.3, 0.4) is 0 Å². The minimum Gasteiger partial charge on any atom is -0.457 e. The summed E-state index contributed by atoms with van der Waals surface area (Å²) in [7, 11) is 0. The zero-order chi connectivity index (χ0) is 13.7. The first-order chi connectivity index (χ1) is 9.22. The molecule has 2 aromatic carbocycles. The van der Waals surface area contributed by atoms with E-state index in [0.717, 1.165) is 15.6 Å². The second-order valence-electron chi connectivity index (χ2n) is 4.13. The van der Waals surface area contributed by atoms with Crippen LogP contribution in [0.1, 0.15) is 11.1 Å². The van der Waals surface area contributed by atoms with Gasteiger partial charge in [0.2, 0.25) is 0 Å². The molecule has 0 aliphatic carbocycles. The second kappa shape index (κ2) is 6.70. The third-order valence-electron chi connectivity index (χ3n) is 2.75. The van der Waals surface area contributed by atoms with Gasteiger partial charge in [0.05, 0.1) is 6.61 Å². The average molecular weight is 323 g/mol. The molecule has 0 aromatic heterocycles. The lowest BCUT2D eigenvalue weighted by Crippen LogP contribution is -1.93. The Morgan fingerprint density at radius 1 is 1.00 bits per heavy atom. The van der Waals surface area contributed by atoms with Crippen molar-refractivity contribution in [2.45, 2.75) is 13.0 Å². The first-order valence-electron chi connectivity index (χ1n) is 6.00. The minimum atomic E-state index is -0.0643. The van der Waals surface area contributed by atoms with E-state index < -0.39 is 0 Å². The predicted octanol–water partition coefficient (Wildman–Crippen LogP) is 3.27. The van der Waals surface area contributed by atoms with Gasteiger partial charge in [0.15, 0.2) is 0 Å². The number of ether oxygens (including phenoxy) is 1. The van der Waals surface area contributed by atoms with Crippen molar-refractivity contribution in [3.05, 3.63) is 58.1 Å². The highest BCUT2D eigenvalue weighted by Gasteiger charge is 2.05. The van der Waals surface area contributed by atoms with Gasteiger partial charge in [0, 0.05) is 16.6 Å². The van der Waals surface area contributed by atoms with Crippen molar-refractivity contribution < 1.29 is 14.9 Å². The molecule has 0 amide bonds. The Labute approximate surface area is 120 Å². The summed E-state index contributed by atoms with van der Waals surface area (Å²) in [5.74, 6) is 1.33. The second-order valence-corrected chi connectivity index (χ2v) is 5.05. The molecule has 0 spiro atoms. The number of halogens is 1. The predicted molar refractivity (Wildman–Crippen MR) is 77.4 cm³/mol. The van der Waals surface area contributed by atoms with Crippen LogP contribution >= 0.6 is 15.9 Å². The van der Waals surface area contributed by atoms with Gasteiger partial charge >= 0.3 is 0 Å². The van der Waals surface area contributed by atoms with Crippen molar-refractivity contribution in [1.82, 2.24) is 0 Å². The van der Waals surface area contributed by atoms with Crippen LogP contribution in [0.2, 0.25) is 0 Å². The van der Waals surface area contributed by atoms with Crippen molar-refractivity contribution in [1.29, 1.82) is 0 Å². The summed E-state index contributed by atoms with van der Waals surface area (Å²) in [6.07, 6.45) is 0.638. The monoisotopic (exact) mass is 322 g/mol. The summed E-state index contributed by atoms with van der Waals surface area (Å²) < 4.78 is 6.66. The summed E-state index contributed by atoms with van der Waals surface area (Å²) in [5, 5.41) is 18.1. The Hall–Kier alpha value is -1.36. The zero-order valence-corrected chi connectivity index (χ0v) is 11.9. The van der Waals surface area contributed by atoms with E-state index in [0.29, 0.717) is 17.9 Å². The van der Waals surface area contributed by atoms with Crippen LogP contribution in [0.25, 0.3) is 0 Å². The van der Waals surface area contributed by atoms with Crippen LogP contribution < -0.4 is 4.74 Å². The molecule has 0 aliphatic rings. The lowest BCUT2D eigenvalue weighted by Gasteiger charge is -2.10. The van der Waals surface area contributed by atoms with Crippen molar-refractivity contribution in [3.63, 3.8) is 0 Å². The summed E-state index contributed by atoms with van der Waals surface area (Å²) in [6.45, 7) is 0.0751. The number of hydrogen-bond acceptors (Lipinski definition) is 3. The van der Waals surface area contributed by atoms with Crippen molar-refractivity contribution in [2.75, 3.05) is 6.61 Å². The molecule has 0 atom stereocenters. The van der Waals surface area contributed by atoms with Crippen LogP contribution in [0.15, 0.2) is 46.9 Å². The fourth-order valence-corrected chi connectivity index (χ4v) is 2.07. The van der Waals surface area contributed by atoms with Gasteiger partial charge in [-0.05, 0) is 36.2 Å². The highest BCUT2D eigenvalue weighted by molar-refractivity contribution is 9.10. The van der Waals surface area contributed by atoms with Gasteiger partial charge in [-0.25, -0.2) is 0 Å². The quantitative estimate of drug-likeness (QED) is 0.888. The third kappa shape index (κ3) is 3.80. The van der Waals surface area contributed by atoms with Gasteiger partial charge in [-0.2, -0.15) is 0 Å². The van der Waals surface area contributed by atoms with Gasteiger partial charge in [-0.3, -0.25) is 0 Å². The van der Waals surface area contributed by atoms with Gasteiger partial charge in [-0.15, -0.1) is 0 Å². The molecule has 0 aliphatic heterocycles. The maximum atomic E-state index is 9.28. The molecular formula is C15H15BrO3. The van der Waals surface area contributed by atoms with E-state index in [1.807, 2.05) is 42.5 Å². The third-order valence-corrected chi connectivity index (χ3v) is 3.24. The Bertz CT molecular complexity index is 538.